The molecular formula is C31H31Cl3F2N2O8. The number of methoxy groups -OCH3 is 1. The fourth-order valence-corrected chi connectivity index (χ4v) is 5.41. The molecule has 5 rings (SSSR count). The quantitative estimate of drug-likeness (QED) is 0.0955. The van der Waals surface area contributed by atoms with Gasteiger partial charge in [0.15, 0.2) is 35.4 Å². The summed E-state index contributed by atoms with van der Waals surface area (Å²) in [6.45, 7) is -2.09. The van der Waals surface area contributed by atoms with Gasteiger partial charge in [0.1, 0.15) is 22.2 Å². The standard InChI is InChI=1S/C31H30Cl2F2N2O8.ClH/c1-41-24-8-7-19(12-28(24)44-30(39)23-3-2-10-36-23)29(38)43-26(13-20-21(32)14-37(40)15-22(20)33)18-6-9-25(45-31(34)35)27(11-18)42-16-17-4-5-17;/h6-9,11-12,14-15,17,23,26,31,36H,2-5,10,13,16H2,1H3;1H/t23-,26-;/m0./s1. The van der Waals surface area contributed by atoms with E-state index in [1.54, 1.807) is 0 Å². The van der Waals surface area contributed by atoms with Crippen LogP contribution < -0.4 is 29.0 Å². The summed E-state index contributed by atoms with van der Waals surface area (Å²) in [7, 11) is 1.40. The molecule has 0 amide bonds. The minimum Gasteiger partial charge on any atom is -0.619 e. The first-order valence-electron chi connectivity index (χ1n) is 14.2. The van der Waals surface area contributed by atoms with E-state index in [1.807, 2.05) is 0 Å². The number of carbonyl (C=O) groups is 2. The molecule has 1 saturated heterocycles. The Morgan fingerprint density at radius 1 is 1.02 bits per heavy atom. The number of esters is 2. The number of aromatic nitrogens is 1. The molecule has 15 heteroatoms. The molecule has 2 heterocycles. The SMILES string of the molecule is COc1ccc(C(=O)O[C@@H](Cc2c(Cl)c[n+]([O-])cc2Cl)c2ccc(OC(F)F)c(OCC3CC3)c2)cc1OC(=O)[C@@H]1CCCN1.Cl. The smallest absolute Gasteiger partial charge is 0.387 e. The maximum Gasteiger partial charge on any atom is 0.387 e. The van der Waals surface area contributed by atoms with Crippen molar-refractivity contribution in [1.29, 1.82) is 0 Å². The maximum atomic E-state index is 13.6. The first kappa shape index (κ1) is 35.3. The minimum absolute atomic E-state index is 0. The largest absolute Gasteiger partial charge is 0.619 e. The lowest BCUT2D eigenvalue weighted by Crippen LogP contribution is -2.34. The van der Waals surface area contributed by atoms with E-state index in [-0.39, 0.29) is 57.4 Å². The lowest BCUT2D eigenvalue weighted by atomic mass is 10.0. The van der Waals surface area contributed by atoms with E-state index in [0.29, 0.717) is 41.3 Å². The summed E-state index contributed by atoms with van der Waals surface area (Å²) in [6, 6.07) is 7.96. The van der Waals surface area contributed by atoms with Gasteiger partial charge >= 0.3 is 18.6 Å². The molecule has 0 radical (unpaired) electrons. The van der Waals surface area contributed by atoms with E-state index in [2.05, 4.69) is 10.1 Å². The highest BCUT2D eigenvalue weighted by atomic mass is 35.5. The molecule has 0 bridgehead atoms. The van der Waals surface area contributed by atoms with Crippen molar-refractivity contribution < 1.29 is 46.8 Å². The molecule has 248 valence electrons. The molecule has 46 heavy (non-hydrogen) atoms. The average Bonchev–Trinajstić information content (AvgIpc) is 3.66. The number of carbonyl (C=O) groups excluding carboxylic acids is 2. The van der Waals surface area contributed by atoms with Gasteiger partial charge < -0.3 is 34.2 Å². The van der Waals surface area contributed by atoms with Gasteiger partial charge in [0.05, 0.1) is 19.3 Å². The van der Waals surface area contributed by atoms with Gasteiger partial charge in [-0.25, -0.2) is 9.59 Å². The van der Waals surface area contributed by atoms with Crippen LogP contribution in [0.3, 0.4) is 0 Å². The Labute approximate surface area is 279 Å². The molecule has 0 unspecified atom stereocenters. The van der Waals surface area contributed by atoms with Crippen LogP contribution in [0.15, 0.2) is 48.8 Å². The van der Waals surface area contributed by atoms with Gasteiger partial charge in [-0.3, -0.25) is 0 Å². The molecule has 10 nitrogen and oxygen atoms in total. The van der Waals surface area contributed by atoms with Crippen LogP contribution in [0.4, 0.5) is 8.78 Å². The van der Waals surface area contributed by atoms with Crippen LogP contribution in [-0.2, 0) is 16.0 Å². The fourth-order valence-electron chi connectivity index (χ4n) is 4.81. The molecule has 2 aromatic carbocycles. The molecule has 1 saturated carbocycles. The van der Waals surface area contributed by atoms with Crippen LogP contribution in [0, 0.1) is 11.1 Å². The highest BCUT2D eigenvalue weighted by Gasteiger charge is 2.28. The van der Waals surface area contributed by atoms with E-state index in [4.69, 9.17) is 42.1 Å². The number of benzene rings is 2. The zero-order chi connectivity index (χ0) is 32.1. The monoisotopic (exact) mass is 702 g/mol. The fraction of sp³-hybridized carbons (Fsp3) is 0.387. The topological polar surface area (TPSA) is 119 Å². The molecule has 2 fully saturated rings. The summed E-state index contributed by atoms with van der Waals surface area (Å²) >= 11 is 12.7. The van der Waals surface area contributed by atoms with Crippen molar-refractivity contribution >= 4 is 47.5 Å². The first-order chi connectivity index (χ1) is 21.6. The van der Waals surface area contributed by atoms with Gasteiger partial charge in [0, 0.05) is 12.0 Å². The Balaban J connectivity index is 0.00000480. The highest BCUT2D eigenvalue weighted by Crippen LogP contribution is 2.38. The van der Waals surface area contributed by atoms with Gasteiger partial charge in [-0.1, -0.05) is 29.3 Å². The Kier molecular flexibility index (Phi) is 12.1. The van der Waals surface area contributed by atoms with Crippen LogP contribution in [0.2, 0.25) is 10.0 Å². The molecule has 1 aromatic heterocycles. The summed E-state index contributed by atoms with van der Waals surface area (Å²) in [6.07, 6.45) is 4.41. The molecule has 1 aliphatic heterocycles. The number of alkyl halides is 2. The average molecular weight is 704 g/mol. The predicted molar refractivity (Wildman–Crippen MR) is 165 cm³/mol. The van der Waals surface area contributed by atoms with Crippen LogP contribution in [-0.4, -0.2) is 44.9 Å². The second kappa shape index (κ2) is 15.8. The predicted octanol–water partition coefficient (Wildman–Crippen LogP) is 6.25. The van der Waals surface area contributed by atoms with Crippen molar-refractivity contribution in [3.8, 4) is 23.0 Å². The normalized spacial score (nSPS) is 16.3. The molecular weight excluding hydrogens is 673 g/mol. The van der Waals surface area contributed by atoms with Crippen LogP contribution >= 0.6 is 35.6 Å². The number of rotatable bonds is 13. The van der Waals surface area contributed by atoms with Crippen molar-refractivity contribution in [1.82, 2.24) is 5.32 Å². The molecule has 1 N–H and O–H groups in total. The number of nitrogens with zero attached hydrogens (tertiary/aromatic N) is 1. The highest BCUT2D eigenvalue weighted by molar-refractivity contribution is 6.35. The minimum atomic E-state index is -3.09. The van der Waals surface area contributed by atoms with Crippen molar-refractivity contribution in [2.75, 3.05) is 20.3 Å². The summed E-state index contributed by atoms with van der Waals surface area (Å²) in [5.74, 6) is -0.887. The summed E-state index contributed by atoms with van der Waals surface area (Å²) < 4.78 is 54.0. The first-order valence-corrected chi connectivity index (χ1v) is 15.0. The van der Waals surface area contributed by atoms with Crippen LogP contribution in [0.5, 0.6) is 23.0 Å². The third kappa shape index (κ3) is 9.03. The van der Waals surface area contributed by atoms with Gasteiger partial charge in [-0.15, -0.1) is 12.4 Å². The van der Waals surface area contributed by atoms with E-state index < -0.39 is 30.7 Å². The number of hydrogen-bond acceptors (Lipinski definition) is 9. The number of nitrogens with one attached hydrogen (secondary N) is 1. The van der Waals surface area contributed by atoms with Gasteiger partial charge in [-0.05, 0) is 74.0 Å². The maximum absolute atomic E-state index is 13.6. The Morgan fingerprint density at radius 2 is 1.74 bits per heavy atom. The van der Waals surface area contributed by atoms with E-state index in [9.17, 15) is 23.6 Å². The summed E-state index contributed by atoms with van der Waals surface area (Å²) in [5, 5.41) is 15.0. The third-order valence-electron chi connectivity index (χ3n) is 7.38. The molecule has 0 spiro atoms. The van der Waals surface area contributed by atoms with Gasteiger partial charge in [0.2, 0.25) is 0 Å². The Bertz CT molecular complexity index is 1530. The molecule has 3 aromatic rings. The number of hydrogen-bond donors (Lipinski definition) is 1. The van der Waals surface area contributed by atoms with E-state index in [1.165, 1.54) is 43.5 Å². The van der Waals surface area contributed by atoms with E-state index >= 15 is 0 Å². The lowest BCUT2D eigenvalue weighted by molar-refractivity contribution is -0.605. The summed E-state index contributed by atoms with van der Waals surface area (Å²) in [5.41, 5.74) is 0.702. The molecule has 2 atom stereocenters. The second-order valence-electron chi connectivity index (χ2n) is 10.7. The Hall–Kier alpha value is -3.58. The van der Waals surface area contributed by atoms with Crippen LogP contribution in [0.25, 0.3) is 0 Å². The van der Waals surface area contributed by atoms with Crippen molar-refractivity contribution in [3.05, 3.63) is 80.7 Å². The van der Waals surface area contributed by atoms with E-state index in [0.717, 1.165) is 31.7 Å². The molecule has 2 aliphatic rings. The summed E-state index contributed by atoms with van der Waals surface area (Å²) in [4.78, 5) is 26.2. The van der Waals surface area contributed by atoms with Crippen LogP contribution in [0.1, 0.15) is 53.3 Å². The Morgan fingerprint density at radius 3 is 2.37 bits per heavy atom. The number of halogens is 5. The third-order valence-corrected chi connectivity index (χ3v) is 8.03. The number of ether oxygens (including phenoxy) is 5. The number of pyridine rings is 1. The second-order valence-corrected chi connectivity index (χ2v) is 11.5. The molecule has 1 aliphatic carbocycles. The lowest BCUT2D eigenvalue weighted by Gasteiger charge is -2.22. The van der Waals surface area contributed by atoms with Gasteiger partial charge in [-0.2, -0.15) is 13.5 Å². The zero-order valence-electron chi connectivity index (χ0n) is 24.5. The van der Waals surface area contributed by atoms with Crippen molar-refractivity contribution in [2.45, 2.75) is 50.9 Å². The van der Waals surface area contributed by atoms with Crippen molar-refractivity contribution in [2.24, 2.45) is 5.92 Å². The van der Waals surface area contributed by atoms with Crippen molar-refractivity contribution in [3.63, 3.8) is 0 Å². The van der Waals surface area contributed by atoms with Gasteiger partial charge in [0.25, 0.3) is 0 Å². The zero-order valence-corrected chi connectivity index (χ0v) is 26.8.